The number of hydrogen-bond acceptors (Lipinski definition) is 4. The molecule has 44 heavy (non-hydrogen) atoms. The molecule has 2 aliphatic rings. The highest BCUT2D eigenvalue weighted by molar-refractivity contribution is 6.17. The molecule has 2 aliphatic carbocycles. The third-order valence-electron chi connectivity index (χ3n) is 8.12. The molecule has 212 valence electrons. The number of nitrogens with zero attached hydrogens (tertiary/aromatic N) is 4. The molecule has 4 aromatic rings. The van der Waals surface area contributed by atoms with Crippen molar-refractivity contribution in [3.8, 4) is 24.3 Å². The summed E-state index contributed by atoms with van der Waals surface area (Å²) in [6.07, 6.45) is -10.2. The second-order valence-electron chi connectivity index (χ2n) is 10.3. The molecule has 0 saturated heterocycles. The Labute approximate surface area is 246 Å². The van der Waals surface area contributed by atoms with Gasteiger partial charge in [-0.3, -0.25) is 0 Å². The van der Waals surface area contributed by atoms with Gasteiger partial charge in [0.1, 0.15) is 17.7 Å². The van der Waals surface area contributed by atoms with Crippen LogP contribution in [-0.2, 0) is 12.4 Å². The van der Waals surface area contributed by atoms with E-state index in [9.17, 15) is 47.4 Å². The zero-order valence-electron chi connectivity index (χ0n) is 22.1. The van der Waals surface area contributed by atoms with Crippen LogP contribution < -0.4 is 0 Å². The predicted octanol–water partition coefficient (Wildman–Crippen LogP) is 8.77. The van der Waals surface area contributed by atoms with Gasteiger partial charge in [0.05, 0.1) is 34.4 Å². The molecule has 4 aromatic carbocycles. The van der Waals surface area contributed by atoms with Crippen molar-refractivity contribution in [2.75, 3.05) is 0 Å². The van der Waals surface area contributed by atoms with Gasteiger partial charge in [-0.05, 0) is 80.8 Å². The molecule has 2 unspecified atom stereocenters. The summed E-state index contributed by atoms with van der Waals surface area (Å²) < 4.78 is 85.4. The average Bonchev–Trinajstić information content (AvgIpc) is 3.51. The topological polar surface area (TPSA) is 95.2 Å². The number of nitriles is 4. The standard InChI is InChI=1S/C34H14F6N4/c35-33(36,37)24-11-9-22-29-23(10-12-25(32(24)29)34(38,39)40)31-27(20-7-3-18(14-42)4-8-20)28(21(15-43)16-44)26(30(22)31)19-5-1-17(13-41)2-6-19/h1-12,26,30H. The van der Waals surface area contributed by atoms with E-state index >= 15 is 0 Å². The quantitative estimate of drug-likeness (QED) is 0.172. The summed E-state index contributed by atoms with van der Waals surface area (Å²) >= 11 is 0. The van der Waals surface area contributed by atoms with E-state index in [2.05, 4.69) is 0 Å². The summed E-state index contributed by atoms with van der Waals surface area (Å²) in [4.78, 5) is 0. The van der Waals surface area contributed by atoms with Crippen molar-refractivity contribution < 1.29 is 26.3 Å². The summed E-state index contributed by atoms with van der Waals surface area (Å²) in [5.74, 6) is -1.75. The molecule has 0 aliphatic heterocycles. The Morgan fingerprint density at radius 1 is 0.591 bits per heavy atom. The number of alkyl halides is 6. The molecule has 10 heteroatoms. The van der Waals surface area contributed by atoms with Crippen molar-refractivity contribution in [1.29, 1.82) is 21.0 Å². The van der Waals surface area contributed by atoms with Gasteiger partial charge in [0, 0.05) is 17.2 Å². The van der Waals surface area contributed by atoms with Gasteiger partial charge in [-0.1, -0.05) is 36.4 Å². The molecule has 4 nitrogen and oxygen atoms in total. The fourth-order valence-electron chi connectivity index (χ4n) is 6.48. The van der Waals surface area contributed by atoms with E-state index in [4.69, 9.17) is 0 Å². The summed E-state index contributed by atoms with van der Waals surface area (Å²) in [5.41, 5.74) is -0.339. The van der Waals surface area contributed by atoms with Crippen LogP contribution in [-0.4, -0.2) is 0 Å². The smallest absolute Gasteiger partial charge is 0.192 e. The lowest BCUT2D eigenvalue weighted by Gasteiger charge is -2.24. The molecule has 0 aromatic heterocycles. The maximum atomic E-state index is 14.2. The molecule has 0 heterocycles. The van der Waals surface area contributed by atoms with E-state index in [1.54, 1.807) is 24.3 Å². The van der Waals surface area contributed by atoms with E-state index in [-0.39, 0.29) is 27.7 Å². The first-order valence-electron chi connectivity index (χ1n) is 13.0. The first kappa shape index (κ1) is 28.3. The van der Waals surface area contributed by atoms with E-state index < -0.39 is 40.7 Å². The average molecular weight is 593 g/mol. The molecule has 0 saturated carbocycles. The van der Waals surface area contributed by atoms with Crippen molar-refractivity contribution in [1.82, 2.24) is 0 Å². The van der Waals surface area contributed by atoms with Crippen LogP contribution in [0.4, 0.5) is 26.3 Å². The zero-order valence-corrected chi connectivity index (χ0v) is 22.1. The van der Waals surface area contributed by atoms with Crippen molar-refractivity contribution in [2.45, 2.75) is 24.2 Å². The summed E-state index contributed by atoms with van der Waals surface area (Å²) in [6, 6.07) is 23.8. The molecule has 0 radical (unpaired) electrons. The van der Waals surface area contributed by atoms with Crippen molar-refractivity contribution in [3.05, 3.63) is 128 Å². The molecule has 0 spiro atoms. The van der Waals surface area contributed by atoms with Gasteiger partial charge in [0.25, 0.3) is 0 Å². The minimum Gasteiger partial charge on any atom is -0.192 e. The Morgan fingerprint density at radius 2 is 1.11 bits per heavy atom. The lowest BCUT2D eigenvalue weighted by molar-refractivity contribution is -0.140. The molecule has 0 amide bonds. The first-order chi connectivity index (χ1) is 20.9. The molecule has 0 N–H and O–H groups in total. The van der Waals surface area contributed by atoms with Crippen molar-refractivity contribution in [3.63, 3.8) is 0 Å². The second-order valence-corrected chi connectivity index (χ2v) is 10.3. The number of allylic oxidation sites excluding steroid dienone is 4. The molecule has 6 rings (SSSR count). The third-order valence-corrected chi connectivity index (χ3v) is 8.12. The molecular formula is C34H14F6N4. The van der Waals surface area contributed by atoms with Gasteiger partial charge in [-0.25, -0.2) is 0 Å². The lowest BCUT2D eigenvalue weighted by atomic mass is 9.78. The fourth-order valence-corrected chi connectivity index (χ4v) is 6.48. The van der Waals surface area contributed by atoms with Gasteiger partial charge in [0.15, 0.2) is 0 Å². The highest BCUT2D eigenvalue weighted by atomic mass is 19.4. The van der Waals surface area contributed by atoms with Crippen molar-refractivity contribution >= 4 is 21.9 Å². The largest absolute Gasteiger partial charge is 0.417 e. The van der Waals surface area contributed by atoms with Gasteiger partial charge in [-0.2, -0.15) is 47.4 Å². The van der Waals surface area contributed by atoms with Gasteiger partial charge >= 0.3 is 12.4 Å². The van der Waals surface area contributed by atoms with Crippen LogP contribution in [0, 0.1) is 45.3 Å². The molecule has 0 bridgehead atoms. The van der Waals surface area contributed by atoms with E-state index in [1.807, 2.05) is 24.3 Å². The van der Waals surface area contributed by atoms with Crippen LogP contribution in [0.3, 0.4) is 0 Å². The molecular weight excluding hydrogens is 578 g/mol. The third kappa shape index (κ3) is 4.12. The van der Waals surface area contributed by atoms with Crippen LogP contribution in [0.1, 0.15) is 56.3 Å². The number of benzene rings is 4. The Hall–Kier alpha value is -5.84. The predicted molar refractivity (Wildman–Crippen MR) is 147 cm³/mol. The van der Waals surface area contributed by atoms with Crippen LogP contribution in [0.5, 0.6) is 0 Å². The van der Waals surface area contributed by atoms with Gasteiger partial charge < -0.3 is 0 Å². The number of halogens is 6. The van der Waals surface area contributed by atoms with E-state index in [1.165, 1.54) is 30.3 Å². The van der Waals surface area contributed by atoms with Crippen LogP contribution >= 0.6 is 0 Å². The van der Waals surface area contributed by atoms with Gasteiger partial charge in [0.2, 0.25) is 0 Å². The Kier molecular flexibility index (Phi) is 6.35. The van der Waals surface area contributed by atoms with E-state index in [0.29, 0.717) is 45.5 Å². The minimum absolute atomic E-state index is 0.127. The highest BCUT2D eigenvalue weighted by Gasteiger charge is 2.50. The monoisotopic (exact) mass is 592 g/mol. The first-order valence-corrected chi connectivity index (χ1v) is 13.0. The van der Waals surface area contributed by atoms with Crippen LogP contribution in [0.25, 0.3) is 21.9 Å². The van der Waals surface area contributed by atoms with Crippen LogP contribution in [0.15, 0.2) is 83.9 Å². The maximum Gasteiger partial charge on any atom is 0.417 e. The van der Waals surface area contributed by atoms with Gasteiger partial charge in [-0.15, -0.1) is 0 Å². The Bertz CT molecular complexity index is 2090. The number of hydrogen-bond donors (Lipinski definition) is 0. The highest BCUT2D eigenvalue weighted by Crippen LogP contribution is 2.65. The maximum absolute atomic E-state index is 14.2. The van der Waals surface area contributed by atoms with Crippen LogP contribution in [0.2, 0.25) is 0 Å². The normalized spacial score (nSPS) is 17.1. The van der Waals surface area contributed by atoms with E-state index in [0.717, 1.165) is 6.07 Å². The minimum atomic E-state index is -5.09. The Morgan fingerprint density at radius 3 is 1.61 bits per heavy atom. The zero-order chi connectivity index (χ0) is 31.6. The van der Waals surface area contributed by atoms with Crippen molar-refractivity contribution in [2.24, 2.45) is 0 Å². The second kappa shape index (κ2) is 9.87. The number of fused-ring (bicyclic) bond motifs is 3. The summed E-state index contributed by atoms with van der Waals surface area (Å²) in [6.45, 7) is 0. The SMILES string of the molecule is N#CC(C#N)=C1C(c2ccc(C#N)cc2)=C2c3ccc(C(F)(F)F)c4c(C(F)(F)F)ccc(c34)C2C1c1ccc(C#N)cc1. The number of rotatable bonds is 2. The molecule has 2 atom stereocenters. The summed E-state index contributed by atoms with van der Waals surface area (Å²) in [5, 5.41) is 37.6. The Balaban J connectivity index is 1.81. The lowest BCUT2D eigenvalue weighted by Crippen LogP contribution is -2.13. The fraction of sp³-hybridized carbons (Fsp3) is 0.118. The summed E-state index contributed by atoms with van der Waals surface area (Å²) in [7, 11) is 0. The molecule has 0 fully saturated rings.